The van der Waals surface area contributed by atoms with Crippen molar-refractivity contribution in [3.63, 3.8) is 0 Å². The summed E-state index contributed by atoms with van der Waals surface area (Å²) in [5.74, 6) is 1.41. The zero-order valence-electron chi connectivity index (χ0n) is 19.5. The fraction of sp³-hybridized carbons (Fsp3) is 0.320. The van der Waals surface area contributed by atoms with E-state index in [0.717, 1.165) is 5.56 Å². The molecule has 7 heteroatoms. The van der Waals surface area contributed by atoms with Crippen LogP contribution < -0.4 is 19.5 Å². The molecule has 0 spiro atoms. The Bertz CT molecular complexity index is 1090. The molecular weight excluding hydrogens is 406 g/mol. The number of ether oxygens (including phenoxy) is 3. The summed E-state index contributed by atoms with van der Waals surface area (Å²) in [6.07, 6.45) is 5.37. The van der Waals surface area contributed by atoms with Crippen LogP contribution in [0.1, 0.15) is 17.2 Å². The number of fused-ring (bicyclic) bond motifs is 1. The Morgan fingerprint density at radius 2 is 1.75 bits per heavy atom. The molecule has 0 radical (unpaired) electrons. The van der Waals surface area contributed by atoms with Crippen molar-refractivity contribution < 1.29 is 19.0 Å². The highest BCUT2D eigenvalue weighted by Crippen LogP contribution is 2.38. The van der Waals surface area contributed by atoms with Crippen LogP contribution in [-0.2, 0) is 11.8 Å². The highest BCUT2D eigenvalue weighted by Gasteiger charge is 2.19. The number of nitrogens with zero attached hydrogens (tertiary/aromatic N) is 2. The Morgan fingerprint density at radius 1 is 1.09 bits per heavy atom. The molecule has 0 aliphatic rings. The van der Waals surface area contributed by atoms with Crippen LogP contribution in [0.15, 0.2) is 48.7 Å². The minimum absolute atomic E-state index is 0.0413. The van der Waals surface area contributed by atoms with Gasteiger partial charge in [-0.3, -0.25) is 4.79 Å². The van der Waals surface area contributed by atoms with E-state index < -0.39 is 0 Å². The van der Waals surface area contributed by atoms with Crippen molar-refractivity contribution >= 4 is 22.9 Å². The number of aromatic nitrogens is 1. The molecule has 0 saturated heterocycles. The maximum Gasteiger partial charge on any atom is 0.244 e. The molecule has 0 bridgehead atoms. The smallest absolute Gasteiger partial charge is 0.244 e. The van der Waals surface area contributed by atoms with Gasteiger partial charge < -0.3 is 29.0 Å². The summed E-state index contributed by atoms with van der Waals surface area (Å²) in [5.41, 5.74) is 3.12. The van der Waals surface area contributed by atoms with Crippen LogP contribution in [0.25, 0.3) is 17.0 Å². The third kappa shape index (κ3) is 4.89. The Labute approximate surface area is 189 Å². The summed E-state index contributed by atoms with van der Waals surface area (Å²) in [5, 5.41) is 4.21. The van der Waals surface area contributed by atoms with Gasteiger partial charge in [-0.25, -0.2) is 0 Å². The van der Waals surface area contributed by atoms with Crippen LogP contribution in [0.5, 0.6) is 17.2 Å². The largest absolute Gasteiger partial charge is 0.493 e. The summed E-state index contributed by atoms with van der Waals surface area (Å²) in [4.78, 5) is 14.7. The van der Waals surface area contributed by atoms with Crippen molar-refractivity contribution in [1.82, 2.24) is 14.8 Å². The van der Waals surface area contributed by atoms with E-state index in [4.69, 9.17) is 14.2 Å². The first-order chi connectivity index (χ1) is 15.4. The topological polar surface area (TPSA) is 65.0 Å². The van der Waals surface area contributed by atoms with Crippen LogP contribution in [0.4, 0.5) is 0 Å². The number of aryl methyl sites for hydroxylation is 1. The first kappa shape index (κ1) is 23.2. The van der Waals surface area contributed by atoms with Crippen LogP contribution in [0.3, 0.4) is 0 Å². The molecule has 1 aromatic heterocycles. The predicted molar refractivity (Wildman–Crippen MR) is 127 cm³/mol. The van der Waals surface area contributed by atoms with Crippen molar-refractivity contribution in [3.8, 4) is 17.2 Å². The van der Waals surface area contributed by atoms with Gasteiger partial charge >= 0.3 is 0 Å². The van der Waals surface area contributed by atoms with Crippen molar-refractivity contribution in [3.05, 3.63) is 59.8 Å². The number of para-hydroxylation sites is 1. The average molecular weight is 438 g/mol. The molecule has 0 fully saturated rings. The van der Waals surface area contributed by atoms with E-state index in [9.17, 15) is 4.79 Å². The molecular formula is C25H31N3O4. The van der Waals surface area contributed by atoms with Gasteiger partial charge in [-0.15, -0.1) is 0 Å². The predicted octanol–water partition coefficient (Wildman–Crippen LogP) is 3.64. The van der Waals surface area contributed by atoms with Crippen molar-refractivity contribution in [1.29, 1.82) is 0 Å². The summed E-state index contributed by atoms with van der Waals surface area (Å²) in [7, 11) is 10.8. The van der Waals surface area contributed by atoms with Crippen molar-refractivity contribution in [2.75, 3.05) is 42.0 Å². The van der Waals surface area contributed by atoms with Crippen molar-refractivity contribution in [2.24, 2.45) is 7.05 Å². The summed E-state index contributed by atoms with van der Waals surface area (Å²) >= 11 is 0. The lowest BCUT2D eigenvalue weighted by Gasteiger charge is -2.24. The number of hydrogen-bond donors (Lipinski definition) is 1. The first-order valence-electron chi connectivity index (χ1n) is 10.4. The summed E-state index contributed by atoms with van der Waals surface area (Å²) < 4.78 is 18.2. The molecule has 7 nitrogen and oxygen atoms in total. The molecule has 32 heavy (non-hydrogen) atoms. The second kappa shape index (κ2) is 10.2. The minimum atomic E-state index is -0.175. The van der Waals surface area contributed by atoms with Gasteiger partial charge in [-0.1, -0.05) is 18.2 Å². The molecule has 3 rings (SSSR count). The Hall–Kier alpha value is -3.45. The molecule has 0 saturated carbocycles. The van der Waals surface area contributed by atoms with Crippen LogP contribution >= 0.6 is 0 Å². The van der Waals surface area contributed by atoms with Crippen molar-refractivity contribution in [2.45, 2.75) is 6.04 Å². The summed E-state index contributed by atoms with van der Waals surface area (Å²) in [6, 6.07) is 11.9. The highest BCUT2D eigenvalue weighted by molar-refractivity contribution is 5.92. The number of rotatable bonds is 9. The number of nitrogens with one attached hydrogen (secondary N) is 1. The maximum absolute atomic E-state index is 12.6. The molecule has 0 aliphatic heterocycles. The third-order valence-corrected chi connectivity index (χ3v) is 5.49. The lowest BCUT2D eigenvalue weighted by molar-refractivity contribution is -0.116. The van der Waals surface area contributed by atoms with Gasteiger partial charge in [0.15, 0.2) is 11.5 Å². The number of hydrogen-bond acceptors (Lipinski definition) is 5. The second-order valence-corrected chi connectivity index (χ2v) is 7.73. The second-order valence-electron chi connectivity index (χ2n) is 7.73. The summed E-state index contributed by atoms with van der Waals surface area (Å²) in [6.45, 7) is 0.486. The SMILES string of the molecule is COc1cc(C=CC(=O)NCC(c2cn(C)c3ccccc23)N(C)C)cc(OC)c1OC. The van der Waals surface area contributed by atoms with E-state index in [1.807, 2.05) is 33.3 Å². The lowest BCUT2D eigenvalue weighted by atomic mass is 10.0. The van der Waals surface area contributed by atoms with Crippen LogP contribution in [0, 0.1) is 0 Å². The molecule has 170 valence electrons. The van der Waals surface area contributed by atoms with Gasteiger partial charge in [0.05, 0.1) is 27.4 Å². The molecule has 2 aromatic carbocycles. The van der Waals surface area contributed by atoms with E-state index in [0.29, 0.717) is 23.8 Å². The number of amides is 1. The van der Waals surface area contributed by atoms with Gasteiger partial charge in [0.25, 0.3) is 0 Å². The van der Waals surface area contributed by atoms with Gasteiger partial charge in [-0.2, -0.15) is 0 Å². The number of likely N-dealkylation sites (N-methyl/N-ethyl adjacent to an activating group) is 1. The van der Waals surface area contributed by atoms with E-state index in [1.54, 1.807) is 39.5 Å². The van der Waals surface area contributed by atoms with E-state index in [-0.39, 0.29) is 11.9 Å². The van der Waals surface area contributed by atoms with Gasteiger partial charge in [0.1, 0.15) is 0 Å². The lowest BCUT2D eigenvalue weighted by Crippen LogP contribution is -2.33. The van der Waals surface area contributed by atoms with Gasteiger partial charge in [0, 0.05) is 36.8 Å². The minimum Gasteiger partial charge on any atom is -0.493 e. The molecule has 0 aliphatic carbocycles. The highest BCUT2D eigenvalue weighted by atomic mass is 16.5. The molecule has 1 heterocycles. The van der Waals surface area contributed by atoms with E-state index in [1.165, 1.54) is 22.5 Å². The normalized spacial score (nSPS) is 12.3. The molecule has 3 aromatic rings. The molecule has 1 N–H and O–H groups in total. The zero-order chi connectivity index (χ0) is 23.3. The van der Waals surface area contributed by atoms with Gasteiger partial charge in [-0.05, 0) is 49.5 Å². The molecule has 1 amide bonds. The first-order valence-corrected chi connectivity index (χ1v) is 10.4. The quantitative estimate of drug-likeness (QED) is 0.518. The Kier molecular flexibility index (Phi) is 7.43. The maximum atomic E-state index is 12.6. The monoisotopic (exact) mass is 437 g/mol. The number of carbonyl (C=O) groups excluding carboxylic acids is 1. The molecule has 1 atom stereocenters. The fourth-order valence-corrected chi connectivity index (χ4v) is 3.83. The van der Waals surface area contributed by atoms with E-state index >= 15 is 0 Å². The number of carbonyl (C=O) groups is 1. The molecule has 1 unspecified atom stereocenters. The average Bonchev–Trinajstić information content (AvgIpc) is 3.13. The number of methoxy groups -OCH3 is 3. The van der Waals surface area contributed by atoms with Gasteiger partial charge in [0.2, 0.25) is 11.7 Å². The number of benzene rings is 2. The van der Waals surface area contributed by atoms with Crippen LogP contribution in [-0.4, -0.2) is 57.3 Å². The standard InChI is InChI=1S/C25H31N3O4/c1-27(2)21(19-16-28(3)20-10-8-7-9-18(19)20)15-26-24(29)12-11-17-13-22(30-4)25(32-6)23(14-17)31-5/h7-14,16,21H,15H2,1-6H3,(H,26,29). The van der Waals surface area contributed by atoms with Crippen LogP contribution in [0.2, 0.25) is 0 Å². The third-order valence-electron chi connectivity index (χ3n) is 5.49. The Balaban J connectivity index is 1.75. The zero-order valence-corrected chi connectivity index (χ0v) is 19.5. The fourth-order valence-electron chi connectivity index (χ4n) is 3.83. The Morgan fingerprint density at radius 3 is 2.34 bits per heavy atom. The van der Waals surface area contributed by atoms with E-state index in [2.05, 4.69) is 33.1 Å².